The molecule has 0 saturated carbocycles. The van der Waals surface area contributed by atoms with Gasteiger partial charge in [0.1, 0.15) is 0 Å². The van der Waals surface area contributed by atoms with Crippen LogP contribution in [0.3, 0.4) is 0 Å². The van der Waals surface area contributed by atoms with E-state index in [1.54, 1.807) is 24.3 Å². The van der Waals surface area contributed by atoms with E-state index in [1.165, 1.54) is 5.56 Å². The minimum atomic E-state index is -3.18. The van der Waals surface area contributed by atoms with Crippen molar-refractivity contribution < 1.29 is 8.42 Å². The van der Waals surface area contributed by atoms with Crippen LogP contribution in [-0.4, -0.2) is 14.2 Å². The lowest BCUT2D eigenvalue weighted by Gasteiger charge is -2.12. The van der Waals surface area contributed by atoms with Gasteiger partial charge in [-0.3, -0.25) is 0 Å². The first-order chi connectivity index (χ1) is 9.08. The number of sulfone groups is 1. The minimum Gasteiger partial charge on any atom is -0.224 e. The Balaban J connectivity index is 2.05. The zero-order valence-corrected chi connectivity index (χ0v) is 11.8. The van der Waals surface area contributed by atoms with Gasteiger partial charge in [-0.1, -0.05) is 55.5 Å². The highest BCUT2D eigenvalue weighted by atomic mass is 32.2. The average molecular weight is 274 g/mol. The molecule has 0 saturated heterocycles. The van der Waals surface area contributed by atoms with Crippen molar-refractivity contribution in [2.24, 2.45) is 5.92 Å². The first-order valence-corrected chi connectivity index (χ1v) is 8.05. The fourth-order valence-electron chi connectivity index (χ4n) is 2.17. The monoisotopic (exact) mass is 274 g/mol. The van der Waals surface area contributed by atoms with Gasteiger partial charge in [0.2, 0.25) is 0 Å². The molecular formula is C16H18O2S. The molecule has 2 rings (SSSR count). The molecule has 100 valence electrons. The Kier molecular flexibility index (Phi) is 4.38. The maximum atomic E-state index is 12.2. The molecule has 2 aromatic carbocycles. The van der Waals surface area contributed by atoms with Crippen LogP contribution >= 0.6 is 0 Å². The largest absolute Gasteiger partial charge is 0.224 e. The highest BCUT2D eigenvalue weighted by molar-refractivity contribution is 7.91. The van der Waals surface area contributed by atoms with E-state index < -0.39 is 9.84 Å². The Bertz CT molecular complexity index is 604. The van der Waals surface area contributed by atoms with E-state index in [1.807, 2.05) is 43.3 Å². The summed E-state index contributed by atoms with van der Waals surface area (Å²) in [4.78, 5) is 0.412. The molecule has 0 N–H and O–H groups in total. The Morgan fingerprint density at radius 3 is 2.00 bits per heavy atom. The lowest BCUT2D eigenvalue weighted by molar-refractivity contribution is 0.570. The predicted molar refractivity (Wildman–Crippen MR) is 77.8 cm³/mol. The van der Waals surface area contributed by atoms with Crippen LogP contribution in [0.15, 0.2) is 65.6 Å². The van der Waals surface area contributed by atoms with Crippen LogP contribution in [-0.2, 0) is 16.3 Å². The molecule has 0 unspecified atom stereocenters. The Morgan fingerprint density at radius 1 is 0.895 bits per heavy atom. The van der Waals surface area contributed by atoms with Crippen LogP contribution in [0.4, 0.5) is 0 Å². The molecule has 0 bridgehead atoms. The third-order valence-corrected chi connectivity index (χ3v) is 5.03. The van der Waals surface area contributed by atoms with Crippen LogP contribution in [0, 0.1) is 5.92 Å². The molecule has 1 atom stereocenters. The lowest BCUT2D eigenvalue weighted by atomic mass is 10.0. The van der Waals surface area contributed by atoms with Crippen molar-refractivity contribution in [2.45, 2.75) is 18.2 Å². The molecule has 0 fully saturated rings. The van der Waals surface area contributed by atoms with Gasteiger partial charge in [-0.05, 0) is 30.0 Å². The average Bonchev–Trinajstić information content (AvgIpc) is 2.40. The summed E-state index contributed by atoms with van der Waals surface area (Å²) in [6, 6.07) is 18.7. The Hall–Kier alpha value is -1.61. The fraction of sp³-hybridized carbons (Fsp3) is 0.250. The van der Waals surface area contributed by atoms with Gasteiger partial charge in [-0.2, -0.15) is 0 Å². The van der Waals surface area contributed by atoms with Crippen molar-refractivity contribution in [1.82, 2.24) is 0 Å². The molecule has 0 heterocycles. The van der Waals surface area contributed by atoms with Crippen LogP contribution < -0.4 is 0 Å². The number of benzene rings is 2. The molecular weight excluding hydrogens is 256 g/mol. The molecule has 19 heavy (non-hydrogen) atoms. The van der Waals surface area contributed by atoms with E-state index >= 15 is 0 Å². The SMILES string of the molecule is C[C@@H](Cc1ccccc1)CS(=O)(=O)c1ccccc1. The molecule has 0 aromatic heterocycles. The molecule has 0 aliphatic rings. The van der Waals surface area contributed by atoms with Crippen molar-refractivity contribution >= 4 is 9.84 Å². The van der Waals surface area contributed by atoms with Gasteiger partial charge in [0.05, 0.1) is 10.6 Å². The molecule has 0 spiro atoms. The second kappa shape index (κ2) is 6.02. The fourth-order valence-corrected chi connectivity index (χ4v) is 3.81. The van der Waals surface area contributed by atoms with Gasteiger partial charge in [0.25, 0.3) is 0 Å². The summed E-state index contributed by atoms with van der Waals surface area (Å²) in [6.45, 7) is 1.98. The summed E-state index contributed by atoms with van der Waals surface area (Å²) in [6.07, 6.45) is 0.785. The molecule has 0 aliphatic carbocycles. The van der Waals surface area contributed by atoms with Gasteiger partial charge in [-0.25, -0.2) is 8.42 Å². The van der Waals surface area contributed by atoms with Gasteiger partial charge in [0, 0.05) is 0 Å². The second-order valence-electron chi connectivity index (χ2n) is 4.89. The normalized spacial score (nSPS) is 13.1. The molecule has 2 nitrogen and oxygen atoms in total. The third kappa shape index (κ3) is 3.93. The molecule has 3 heteroatoms. The molecule has 2 aromatic rings. The number of hydrogen-bond donors (Lipinski definition) is 0. The van der Waals surface area contributed by atoms with Crippen molar-refractivity contribution in [3.63, 3.8) is 0 Å². The van der Waals surface area contributed by atoms with Crippen LogP contribution in [0.25, 0.3) is 0 Å². The zero-order valence-electron chi connectivity index (χ0n) is 11.0. The summed E-state index contributed by atoms with van der Waals surface area (Å²) in [5.74, 6) is 0.291. The smallest absolute Gasteiger partial charge is 0.178 e. The van der Waals surface area contributed by atoms with Crippen LogP contribution in [0.5, 0.6) is 0 Å². The molecule has 0 amide bonds. The van der Waals surface area contributed by atoms with Gasteiger partial charge in [-0.15, -0.1) is 0 Å². The van der Waals surface area contributed by atoms with Gasteiger partial charge in [0.15, 0.2) is 9.84 Å². The zero-order chi connectivity index (χ0) is 13.7. The highest BCUT2D eigenvalue weighted by Gasteiger charge is 2.18. The van der Waals surface area contributed by atoms with E-state index in [9.17, 15) is 8.42 Å². The topological polar surface area (TPSA) is 34.1 Å². The van der Waals surface area contributed by atoms with Gasteiger partial charge < -0.3 is 0 Å². The van der Waals surface area contributed by atoms with E-state index in [0.717, 1.165) is 6.42 Å². The predicted octanol–water partition coefficient (Wildman–Crippen LogP) is 3.34. The highest BCUT2D eigenvalue weighted by Crippen LogP contribution is 2.16. The summed E-state index contributed by atoms with van der Waals surface area (Å²) in [5, 5.41) is 0. The maximum Gasteiger partial charge on any atom is 0.178 e. The Morgan fingerprint density at radius 2 is 1.42 bits per heavy atom. The lowest BCUT2D eigenvalue weighted by Crippen LogP contribution is -2.16. The summed E-state index contributed by atoms with van der Waals surface area (Å²) in [7, 11) is -3.18. The maximum absolute atomic E-state index is 12.2. The standard InChI is InChI=1S/C16H18O2S/c1-14(12-15-8-4-2-5-9-15)13-19(17,18)16-10-6-3-7-11-16/h2-11,14H,12-13H2,1H3/t14-/m0/s1. The van der Waals surface area contributed by atoms with Crippen molar-refractivity contribution in [2.75, 3.05) is 5.75 Å². The van der Waals surface area contributed by atoms with Crippen molar-refractivity contribution in [3.05, 3.63) is 66.2 Å². The van der Waals surface area contributed by atoms with E-state index in [2.05, 4.69) is 0 Å². The van der Waals surface area contributed by atoms with E-state index in [4.69, 9.17) is 0 Å². The van der Waals surface area contributed by atoms with Crippen molar-refractivity contribution in [3.8, 4) is 0 Å². The Labute approximate surface area is 115 Å². The summed E-state index contributed by atoms with van der Waals surface area (Å²) < 4.78 is 24.5. The summed E-state index contributed by atoms with van der Waals surface area (Å²) >= 11 is 0. The van der Waals surface area contributed by atoms with Gasteiger partial charge >= 0.3 is 0 Å². The van der Waals surface area contributed by atoms with E-state index in [-0.39, 0.29) is 11.7 Å². The van der Waals surface area contributed by atoms with Crippen molar-refractivity contribution in [1.29, 1.82) is 0 Å². The number of rotatable bonds is 5. The van der Waals surface area contributed by atoms with Crippen LogP contribution in [0.1, 0.15) is 12.5 Å². The minimum absolute atomic E-state index is 0.104. The third-order valence-electron chi connectivity index (χ3n) is 3.03. The molecule has 0 aliphatic heterocycles. The summed E-state index contributed by atoms with van der Waals surface area (Å²) in [5.41, 5.74) is 1.18. The second-order valence-corrected chi connectivity index (χ2v) is 6.92. The number of hydrogen-bond acceptors (Lipinski definition) is 2. The first kappa shape index (κ1) is 13.8. The first-order valence-electron chi connectivity index (χ1n) is 6.39. The van der Waals surface area contributed by atoms with E-state index in [0.29, 0.717) is 4.90 Å². The quantitative estimate of drug-likeness (QED) is 0.838. The molecule has 0 radical (unpaired) electrons. The van der Waals surface area contributed by atoms with Crippen LogP contribution in [0.2, 0.25) is 0 Å².